The maximum Gasteiger partial charge on any atom is 0.315 e. The molecule has 1 unspecified atom stereocenters. The van der Waals surface area contributed by atoms with Crippen LogP contribution in [0.2, 0.25) is 0 Å². The number of nitrogens with one attached hydrogen (secondary N) is 3. The fourth-order valence-electron chi connectivity index (χ4n) is 2.84. The van der Waals surface area contributed by atoms with Gasteiger partial charge >= 0.3 is 6.03 Å². The lowest BCUT2D eigenvalue weighted by Crippen LogP contribution is -2.41. The summed E-state index contributed by atoms with van der Waals surface area (Å²) in [7, 11) is 0. The molecule has 2 aromatic carbocycles. The Kier molecular flexibility index (Phi) is 6.68. The lowest BCUT2D eigenvalue weighted by Gasteiger charge is -2.13. The highest BCUT2D eigenvalue weighted by molar-refractivity contribution is 5.94. The maximum absolute atomic E-state index is 13.6. The van der Waals surface area contributed by atoms with Crippen molar-refractivity contribution in [1.29, 1.82) is 0 Å². The third-order valence-corrected chi connectivity index (χ3v) is 4.32. The Morgan fingerprint density at radius 3 is 2.65 bits per heavy atom. The van der Waals surface area contributed by atoms with Crippen molar-refractivity contribution in [2.24, 2.45) is 0 Å². The van der Waals surface area contributed by atoms with Crippen molar-refractivity contribution < 1.29 is 31.9 Å². The van der Waals surface area contributed by atoms with Gasteiger partial charge in [-0.2, -0.15) is 0 Å². The van der Waals surface area contributed by atoms with Crippen molar-refractivity contribution in [3.8, 4) is 5.75 Å². The molecule has 0 aliphatic heterocycles. The first-order valence-electron chi connectivity index (χ1n) is 9.43. The van der Waals surface area contributed by atoms with E-state index in [4.69, 9.17) is 9.15 Å². The van der Waals surface area contributed by atoms with Crippen LogP contribution in [-0.2, 0) is 4.79 Å². The second-order valence-corrected chi connectivity index (χ2v) is 6.58. The van der Waals surface area contributed by atoms with E-state index < -0.39 is 47.7 Å². The molecule has 0 bridgehead atoms. The molecule has 1 atom stereocenters. The number of furan rings is 1. The highest BCUT2D eigenvalue weighted by Gasteiger charge is 2.18. The lowest BCUT2D eigenvalue weighted by molar-refractivity contribution is -0.115. The summed E-state index contributed by atoms with van der Waals surface area (Å²) in [5.41, 5.74) is 0.0215. The van der Waals surface area contributed by atoms with E-state index in [0.717, 1.165) is 11.5 Å². The minimum atomic E-state index is -1.70. The molecule has 0 aliphatic carbocycles. The summed E-state index contributed by atoms with van der Waals surface area (Å²) in [5, 5.41) is 7.77. The minimum Gasteiger partial charge on any atom is -0.490 e. The third kappa shape index (κ3) is 5.08. The minimum absolute atomic E-state index is 0.474. The molecule has 3 amide bonds. The number of fused-ring (bicyclic) bond motifs is 1. The Bertz CT molecular complexity index is 1120. The number of hydrogen-bond acceptors (Lipinski definition) is 4. The first-order chi connectivity index (χ1) is 14.8. The van der Waals surface area contributed by atoms with Crippen LogP contribution in [0.3, 0.4) is 0 Å². The van der Waals surface area contributed by atoms with Crippen molar-refractivity contribution in [3.05, 3.63) is 59.6 Å². The van der Waals surface area contributed by atoms with Gasteiger partial charge in [0.15, 0.2) is 28.8 Å². The highest BCUT2D eigenvalue weighted by Crippen LogP contribution is 2.31. The second kappa shape index (κ2) is 9.41. The van der Waals surface area contributed by atoms with E-state index >= 15 is 0 Å². The molecule has 0 spiro atoms. The second-order valence-electron chi connectivity index (χ2n) is 6.58. The number of hydrogen-bond donors (Lipinski definition) is 3. The summed E-state index contributed by atoms with van der Waals surface area (Å²) < 4.78 is 51.1. The molecule has 3 aromatic rings. The summed E-state index contributed by atoms with van der Waals surface area (Å²) in [6.07, 6.45) is 0. The van der Waals surface area contributed by atoms with Crippen molar-refractivity contribution in [2.45, 2.75) is 19.9 Å². The number of halogens is 3. The molecule has 3 N–H and O–H groups in total. The van der Waals surface area contributed by atoms with Crippen molar-refractivity contribution >= 4 is 28.6 Å². The smallest absolute Gasteiger partial charge is 0.315 e. The molecule has 0 saturated heterocycles. The normalized spacial score (nSPS) is 11.8. The monoisotopic (exact) mass is 435 g/mol. The first kappa shape index (κ1) is 22.0. The molecular formula is C21H20F3N3O4. The molecule has 31 heavy (non-hydrogen) atoms. The van der Waals surface area contributed by atoms with Gasteiger partial charge in [-0.25, -0.2) is 18.0 Å². The number of anilines is 1. The third-order valence-electron chi connectivity index (χ3n) is 4.32. The number of ether oxygens (including phenoxy) is 1. The van der Waals surface area contributed by atoms with Gasteiger partial charge in [0.05, 0.1) is 24.9 Å². The number of carbonyl (C=O) groups excluding carboxylic acids is 2. The Balaban J connectivity index is 1.56. The van der Waals surface area contributed by atoms with Crippen LogP contribution in [0.15, 0.2) is 40.8 Å². The van der Waals surface area contributed by atoms with E-state index in [9.17, 15) is 22.8 Å². The van der Waals surface area contributed by atoms with Crippen LogP contribution in [0.5, 0.6) is 5.75 Å². The van der Waals surface area contributed by atoms with Crippen LogP contribution in [0, 0.1) is 17.5 Å². The number of carbonyl (C=O) groups is 2. The topological polar surface area (TPSA) is 92.6 Å². The van der Waals surface area contributed by atoms with Gasteiger partial charge < -0.3 is 25.1 Å². The molecule has 7 nitrogen and oxygen atoms in total. The first-order valence-corrected chi connectivity index (χ1v) is 9.43. The standard InChI is InChI=1S/C21H20F3N3O4/c1-3-30-15-6-4-5-12-9-16(31-20(12)15)11(2)26-21(29)25-10-17(28)27-14-8-7-13(22)18(23)19(14)24/h4-9,11H,3,10H2,1-2H3,(H,27,28)(H2,25,26,29). The van der Waals surface area contributed by atoms with E-state index in [1.165, 1.54) is 0 Å². The fourth-order valence-corrected chi connectivity index (χ4v) is 2.84. The lowest BCUT2D eigenvalue weighted by atomic mass is 10.2. The van der Waals surface area contributed by atoms with Gasteiger partial charge in [-0.3, -0.25) is 4.79 Å². The number of amides is 3. The van der Waals surface area contributed by atoms with Crippen LogP contribution in [0.1, 0.15) is 25.6 Å². The molecule has 0 saturated carbocycles. The van der Waals surface area contributed by atoms with E-state index in [1.807, 2.05) is 19.1 Å². The average molecular weight is 435 g/mol. The summed E-state index contributed by atoms with van der Waals surface area (Å²) >= 11 is 0. The zero-order valence-electron chi connectivity index (χ0n) is 16.7. The number of benzene rings is 2. The van der Waals surface area contributed by atoms with Gasteiger partial charge in [-0.15, -0.1) is 0 Å². The average Bonchev–Trinajstić information content (AvgIpc) is 3.18. The van der Waals surface area contributed by atoms with Gasteiger partial charge in [0, 0.05) is 5.39 Å². The zero-order chi connectivity index (χ0) is 22.5. The molecule has 0 fully saturated rings. The van der Waals surface area contributed by atoms with Gasteiger partial charge in [0.25, 0.3) is 0 Å². The zero-order valence-corrected chi connectivity index (χ0v) is 16.7. The van der Waals surface area contributed by atoms with Crippen LogP contribution < -0.4 is 20.7 Å². The predicted molar refractivity (Wildman–Crippen MR) is 107 cm³/mol. The SMILES string of the molecule is CCOc1cccc2cc(C(C)NC(=O)NCC(=O)Nc3ccc(F)c(F)c3F)oc12. The van der Waals surface area contributed by atoms with Crippen molar-refractivity contribution in [2.75, 3.05) is 18.5 Å². The molecule has 0 radical (unpaired) electrons. The van der Waals surface area contributed by atoms with Crippen LogP contribution in [0.4, 0.5) is 23.7 Å². The van der Waals surface area contributed by atoms with Gasteiger partial charge in [-0.05, 0) is 38.1 Å². The molecule has 0 aliphatic rings. The van der Waals surface area contributed by atoms with Gasteiger partial charge in [0.2, 0.25) is 5.91 Å². The Labute approximate surface area is 175 Å². The molecule has 164 valence electrons. The number of rotatable bonds is 7. The van der Waals surface area contributed by atoms with Crippen molar-refractivity contribution in [1.82, 2.24) is 10.6 Å². The summed E-state index contributed by atoms with van der Waals surface area (Å²) in [4.78, 5) is 24.0. The molecular weight excluding hydrogens is 415 g/mol. The summed E-state index contributed by atoms with van der Waals surface area (Å²) in [6.45, 7) is 3.50. The molecule has 1 aromatic heterocycles. The quantitative estimate of drug-likeness (QED) is 0.484. The van der Waals surface area contributed by atoms with Crippen LogP contribution in [-0.4, -0.2) is 25.1 Å². The number of para-hydroxylation sites is 1. The van der Waals surface area contributed by atoms with Crippen molar-refractivity contribution in [3.63, 3.8) is 0 Å². The molecule has 3 rings (SSSR count). The van der Waals surface area contributed by atoms with Gasteiger partial charge in [-0.1, -0.05) is 12.1 Å². The highest BCUT2D eigenvalue weighted by atomic mass is 19.2. The largest absolute Gasteiger partial charge is 0.490 e. The Hall–Kier alpha value is -3.69. The molecule has 10 heteroatoms. The van der Waals surface area contributed by atoms with E-state index in [0.29, 0.717) is 29.8 Å². The van der Waals surface area contributed by atoms with Gasteiger partial charge in [0.1, 0.15) is 5.76 Å². The van der Waals surface area contributed by atoms with E-state index in [2.05, 4.69) is 16.0 Å². The Morgan fingerprint density at radius 1 is 1.13 bits per heavy atom. The maximum atomic E-state index is 13.6. The molecule has 1 heterocycles. The summed E-state index contributed by atoms with van der Waals surface area (Å²) in [6, 6.07) is 7.56. The van der Waals surface area contributed by atoms with E-state index in [1.54, 1.807) is 19.1 Å². The summed E-state index contributed by atoms with van der Waals surface area (Å²) in [5.74, 6) is -4.35. The van der Waals surface area contributed by atoms with E-state index in [-0.39, 0.29) is 0 Å². The number of urea groups is 1. The van der Waals surface area contributed by atoms with Crippen LogP contribution >= 0.6 is 0 Å². The predicted octanol–water partition coefficient (Wildman–Crippen LogP) is 4.25. The fraction of sp³-hybridized carbons (Fsp3) is 0.238. The van der Waals surface area contributed by atoms with Crippen LogP contribution in [0.25, 0.3) is 11.0 Å². The Morgan fingerprint density at radius 2 is 1.90 bits per heavy atom.